The summed E-state index contributed by atoms with van der Waals surface area (Å²) in [5.41, 5.74) is 0. The first-order valence-electron chi connectivity index (χ1n) is 2.26. The second-order valence-electron chi connectivity index (χ2n) is 1.29. The van der Waals surface area contributed by atoms with Gasteiger partial charge in [0.25, 0.3) is 0 Å². The Morgan fingerprint density at radius 3 is 2.44 bits per heavy atom. The van der Waals surface area contributed by atoms with E-state index in [4.69, 9.17) is 22.5 Å². The van der Waals surface area contributed by atoms with Crippen molar-refractivity contribution in [3.63, 3.8) is 0 Å². The maximum Gasteiger partial charge on any atom is 0.380 e. The largest absolute Gasteiger partial charge is 0.380 e. The van der Waals surface area contributed by atoms with Gasteiger partial charge in [0.15, 0.2) is 0 Å². The van der Waals surface area contributed by atoms with Gasteiger partial charge in [0.1, 0.15) is 0 Å². The third-order valence-electron chi connectivity index (χ3n) is 0.520. The standard InChI is InChI=1S/C3H6BrCl2O2P/c4-2-1-3-8-9(5,6)7/h1-3H2. The van der Waals surface area contributed by atoms with Gasteiger partial charge in [-0.15, -0.1) is 0 Å². The lowest BCUT2D eigenvalue weighted by Gasteiger charge is -2.00. The SMILES string of the molecule is O=P(Cl)(Cl)OCCCBr. The highest BCUT2D eigenvalue weighted by atomic mass is 79.9. The van der Waals surface area contributed by atoms with Gasteiger partial charge in [0.05, 0.1) is 6.61 Å². The summed E-state index contributed by atoms with van der Waals surface area (Å²) in [6.45, 7) is 0.329. The van der Waals surface area contributed by atoms with Crippen LogP contribution in [0.2, 0.25) is 0 Å². The monoisotopic (exact) mass is 254 g/mol. The van der Waals surface area contributed by atoms with Gasteiger partial charge in [-0.25, -0.2) is 0 Å². The summed E-state index contributed by atoms with van der Waals surface area (Å²) in [4.78, 5) is 0. The van der Waals surface area contributed by atoms with Gasteiger partial charge >= 0.3 is 6.07 Å². The molecule has 0 aromatic heterocycles. The summed E-state index contributed by atoms with van der Waals surface area (Å²) in [5, 5.41) is 0.792. The Balaban J connectivity index is 3.18. The Hall–Kier alpha value is 1.25. The van der Waals surface area contributed by atoms with Crippen molar-refractivity contribution in [1.29, 1.82) is 0 Å². The van der Waals surface area contributed by atoms with Crippen molar-refractivity contribution < 1.29 is 9.09 Å². The van der Waals surface area contributed by atoms with Gasteiger partial charge in [0, 0.05) is 5.33 Å². The highest BCUT2D eigenvalue weighted by Gasteiger charge is 2.12. The van der Waals surface area contributed by atoms with Crippen molar-refractivity contribution in [2.24, 2.45) is 0 Å². The van der Waals surface area contributed by atoms with E-state index in [1.165, 1.54) is 0 Å². The van der Waals surface area contributed by atoms with E-state index in [-0.39, 0.29) is 0 Å². The van der Waals surface area contributed by atoms with Crippen LogP contribution >= 0.6 is 44.5 Å². The zero-order valence-electron chi connectivity index (χ0n) is 4.52. The summed E-state index contributed by atoms with van der Waals surface area (Å²) in [5.74, 6) is 0. The fraction of sp³-hybridized carbons (Fsp3) is 1.00. The van der Waals surface area contributed by atoms with E-state index in [1.54, 1.807) is 0 Å². The van der Waals surface area contributed by atoms with Crippen LogP contribution in [0.4, 0.5) is 0 Å². The van der Waals surface area contributed by atoms with Crippen molar-refractivity contribution in [2.45, 2.75) is 6.42 Å². The molecule has 0 aromatic carbocycles. The maximum absolute atomic E-state index is 10.4. The van der Waals surface area contributed by atoms with Crippen molar-refractivity contribution in [1.82, 2.24) is 0 Å². The lowest BCUT2D eigenvalue weighted by atomic mass is 10.5. The first-order valence-corrected chi connectivity index (χ1v) is 6.82. The van der Waals surface area contributed by atoms with Crippen LogP contribution < -0.4 is 0 Å². The molecule has 0 aliphatic rings. The van der Waals surface area contributed by atoms with Gasteiger partial charge in [-0.1, -0.05) is 15.9 Å². The van der Waals surface area contributed by atoms with Gasteiger partial charge in [-0.05, 0) is 28.9 Å². The summed E-state index contributed by atoms with van der Waals surface area (Å²) in [7, 11) is 0. The van der Waals surface area contributed by atoms with Crippen molar-refractivity contribution in [2.75, 3.05) is 11.9 Å². The fourth-order valence-electron chi connectivity index (χ4n) is 0.225. The van der Waals surface area contributed by atoms with Crippen molar-refractivity contribution >= 4 is 44.5 Å². The first kappa shape index (κ1) is 10.2. The van der Waals surface area contributed by atoms with Crippen LogP contribution in [0.5, 0.6) is 0 Å². The summed E-state index contributed by atoms with van der Waals surface area (Å²) in [6.07, 6.45) is -2.52. The summed E-state index contributed by atoms with van der Waals surface area (Å²) in [6, 6.07) is 0. The normalized spacial score (nSPS) is 11.9. The van der Waals surface area contributed by atoms with Crippen molar-refractivity contribution in [3.05, 3.63) is 0 Å². The molecule has 0 aliphatic heterocycles. The molecule has 0 aromatic rings. The predicted molar refractivity (Wildman–Crippen MR) is 43.7 cm³/mol. The molecule has 0 saturated carbocycles. The molecule has 56 valence electrons. The lowest BCUT2D eigenvalue weighted by molar-refractivity contribution is 0.335. The molecular formula is C3H6BrCl2O2P. The summed E-state index contributed by atoms with van der Waals surface area (Å²) < 4.78 is 14.9. The Labute approximate surface area is 72.0 Å². The van der Waals surface area contributed by atoms with E-state index < -0.39 is 6.07 Å². The Morgan fingerprint density at radius 1 is 1.56 bits per heavy atom. The molecule has 2 nitrogen and oxygen atoms in total. The number of halogens is 3. The van der Waals surface area contributed by atoms with E-state index in [9.17, 15) is 4.57 Å². The molecule has 0 spiro atoms. The van der Waals surface area contributed by atoms with Gasteiger partial charge < -0.3 is 4.52 Å². The Morgan fingerprint density at radius 2 is 2.11 bits per heavy atom. The minimum Gasteiger partial charge on any atom is -0.306 e. The van der Waals surface area contributed by atoms with E-state index in [0.29, 0.717) is 6.61 Å². The van der Waals surface area contributed by atoms with Crippen LogP contribution in [0.15, 0.2) is 0 Å². The number of alkyl halides is 1. The molecule has 0 aliphatic carbocycles. The quantitative estimate of drug-likeness (QED) is 0.437. The van der Waals surface area contributed by atoms with E-state index in [2.05, 4.69) is 20.5 Å². The molecule has 0 rings (SSSR count). The highest BCUT2D eigenvalue weighted by molar-refractivity contribution is 9.09. The van der Waals surface area contributed by atoms with Gasteiger partial charge in [-0.2, -0.15) is 0 Å². The van der Waals surface area contributed by atoms with E-state index in [1.807, 2.05) is 0 Å². The van der Waals surface area contributed by atoms with Gasteiger partial charge in [-0.3, -0.25) is 4.57 Å². The van der Waals surface area contributed by atoms with E-state index in [0.717, 1.165) is 11.8 Å². The Bertz CT molecular complexity index is 114. The average molecular weight is 256 g/mol. The second kappa shape index (κ2) is 4.97. The minimum absolute atomic E-state index is 0.329. The fourth-order valence-corrected chi connectivity index (χ4v) is 1.21. The predicted octanol–water partition coefficient (Wildman–Crippen LogP) is 3.37. The summed E-state index contributed by atoms with van der Waals surface area (Å²) >= 11 is 13.3. The van der Waals surface area contributed by atoms with Crippen LogP contribution in [-0.2, 0) is 9.09 Å². The second-order valence-corrected chi connectivity index (χ2v) is 6.36. The lowest BCUT2D eigenvalue weighted by Crippen LogP contribution is -1.86. The molecule has 0 amide bonds. The molecule has 0 saturated heterocycles. The molecule has 6 heteroatoms. The van der Waals surface area contributed by atoms with Crippen LogP contribution in [0.25, 0.3) is 0 Å². The third-order valence-corrected chi connectivity index (χ3v) is 2.15. The highest BCUT2D eigenvalue weighted by Crippen LogP contribution is 2.57. The molecular weight excluding hydrogens is 250 g/mol. The molecule has 9 heavy (non-hydrogen) atoms. The molecule has 0 bridgehead atoms. The minimum atomic E-state index is -3.27. The average Bonchev–Trinajstić information content (AvgIpc) is 1.63. The Kier molecular flexibility index (Phi) is 5.67. The molecule has 0 atom stereocenters. The number of hydrogen-bond donors (Lipinski definition) is 0. The molecule has 0 unspecified atom stereocenters. The zero-order valence-corrected chi connectivity index (χ0v) is 8.51. The maximum atomic E-state index is 10.4. The van der Waals surface area contributed by atoms with Gasteiger partial charge in [0.2, 0.25) is 0 Å². The molecule has 0 radical (unpaired) electrons. The number of hydrogen-bond acceptors (Lipinski definition) is 2. The zero-order chi connectivity index (χ0) is 7.33. The van der Waals surface area contributed by atoms with Crippen LogP contribution in [-0.4, -0.2) is 11.9 Å². The van der Waals surface area contributed by atoms with E-state index >= 15 is 0 Å². The molecule has 0 N–H and O–H groups in total. The smallest absolute Gasteiger partial charge is 0.306 e. The third kappa shape index (κ3) is 9.25. The van der Waals surface area contributed by atoms with Crippen LogP contribution in [0, 0.1) is 0 Å². The molecule has 0 fully saturated rings. The molecule has 0 heterocycles. The topological polar surface area (TPSA) is 26.3 Å². The number of rotatable bonds is 4. The first-order chi connectivity index (χ1) is 4.06. The van der Waals surface area contributed by atoms with Crippen LogP contribution in [0.1, 0.15) is 6.42 Å². The van der Waals surface area contributed by atoms with Crippen molar-refractivity contribution in [3.8, 4) is 0 Å². The van der Waals surface area contributed by atoms with Crippen LogP contribution in [0.3, 0.4) is 0 Å².